The molecule has 0 amide bonds. The highest BCUT2D eigenvalue weighted by atomic mass is 79.9. The quantitative estimate of drug-likeness (QED) is 0.854. The Morgan fingerprint density at radius 2 is 2.25 bits per heavy atom. The van der Waals surface area contributed by atoms with Gasteiger partial charge in [-0.15, -0.1) is 11.3 Å². The fourth-order valence-electron chi connectivity index (χ4n) is 1.51. The third-order valence-electron chi connectivity index (χ3n) is 2.23. The maximum absolute atomic E-state index is 11.8. The maximum Gasteiger partial charge on any atom is 0.253 e. The fourth-order valence-corrected chi connectivity index (χ4v) is 2.71. The van der Waals surface area contributed by atoms with Gasteiger partial charge >= 0.3 is 0 Å². The van der Waals surface area contributed by atoms with Gasteiger partial charge in [-0.05, 0) is 35.8 Å². The minimum atomic E-state index is 0.0360. The van der Waals surface area contributed by atoms with Crippen LogP contribution in [-0.4, -0.2) is 9.55 Å². The van der Waals surface area contributed by atoms with E-state index in [4.69, 9.17) is 0 Å². The van der Waals surface area contributed by atoms with Crippen molar-refractivity contribution in [2.75, 3.05) is 0 Å². The van der Waals surface area contributed by atoms with Crippen LogP contribution in [-0.2, 0) is 6.54 Å². The number of aryl methyl sites for hydroxylation is 2. The number of aromatic nitrogens is 2. The summed E-state index contributed by atoms with van der Waals surface area (Å²) in [7, 11) is 0. The second-order valence-corrected chi connectivity index (χ2v) is 5.61. The first-order valence-corrected chi connectivity index (χ1v) is 6.51. The van der Waals surface area contributed by atoms with E-state index < -0.39 is 0 Å². The zero-order valence-corrected chi connectivity index (χ0v) is 11.4. The third kappa shape index (κ3) is 2.41. The fraction of sp³-hybridized carbons (Fsp3) is 0.273. The maximum atomic E-state index is 11.8. The molecular formula is C11H11BrN2OS. The minimum Gasteiger partial charge on any atom is -0.308 e. The first-order valence-electron chi connectivity index (χ1n) is 4.84. The van der Waals surface area contributed by atoms with Crippen molar-refractivity contribution < 1.29 is 0 Å². The SMILES string of the molecule is Cc1nc(Cn2cc(Br)cc(C)c2=O)cs1. The lowest BCUT2D eigenvalue weighted by Gasteiger charge is -2.05. The normalized spacial score (nSPS) is 10.7. The summed E-state index contributed by atoms with van der Waals surface area (Å²) in [6.45, 7) is 4.31. The summed E-state index contributed by atoms with van der Waals surface area (Å²) in [5.41, 5.74) is 1.71. The molecule has 0 aliphatic carbocycles. The topological polar surface area (TPSA) is 34.9 Å². The lowest BCUT2D eigenvalue weighted by molar-refractivity contribution is 0.733. The molecule has 84 valence electrons. The second kappa shape index (κ2) is 4.51. The minimum absolute atomic E-state index is 0.0360. The van der Waals surface area contributed by atoms with Crippen molar-refractivity contribution >= 4 is 27.3 Å². The summed E-state index contributed by atoms with van der Waals surface area (Å²) < 4.78 is 2.59. The number of thiazole rings is 1. The van der Waals surface area contributed by atoms with Gasteiger partial charge in [-0.25, -0.2) is 4.98 Å². The van der Waals surface area contributed by atoms with Crippen LogP contribution in [0, 0.1) is 13.8 Å². The van der Waals surface area contributed by atoms with E-state index in [-0.39, 0.29) is 5.56 Å². The van der Waals surface area contributed by atoms with E-state index in [1.54, 1.807) is 22.1 Å². The Kier molecular flexibility index (Phi) is 3.25. The molecule has 16 heavy (non-hydrogen) atoms. The Hall–Kier alpha value is -0.940. The number of halogens is 1. The van der Waals surface area contributed by atoms with E-state index >= 15 is 0 Å². The van der Waals surface area contributed by atoms with Crippen molar-refractivity contribution in [1.82, 2.24) is 9.55 Å². The van der Waals surface area contributed by atoms with E-state index in [2.05, 4.69) is 20.9 Å². The van der Waals surface area contributed by atoms with Gasteiger partial charge < -0.3 is 4.57 Å². The van der Waals surface area contributed by atoms with Crippen LogP contribution < -0.4 is 5.56 Å². The number of hydrogen-bond donors (Lipinski definition) is 0. The van der Waals surface area contributed by atoms with Crippen LogP contribution in [0.3, 0.4) is 0 Å². The molecule has 2 aromatic rings. The van der Waals surface area contributed by atoms with Gasteiger partial charge in [0.25, 0.3) is 5.56 Å². The van der Waals surface area contributed by atoms with E-state index in [0.29, 0.717) is 6.54 Å². The molecule has 0 bridgehead atoms. The molecule has 0 saturated carbocycles. The number of pyridine rings is 1. The highest BCUT2D eigenvalue weighted by Gasteiger charge is 2.04. The van der Waals surface area contributed by atoms with Crippen molar-refractivity contribution in [3.63, 3.8) is 0 Å². The number of nitrogens with zero attached hydrogens (tertiary/aromatic N) is 2. The van der Waals surface area contributed by atoms with E-state index in [9.17, 15) is 4.79 Å². The number of hydrogen-bond acceptors (Lipinski definition) is 3. The van der Waals surface area contributed by atoms with Gasteiger partial charge in [-0.2, -0.15) is 0 Å². The molecule has 2 rings (SSSR count). The predicted octanol–water partition coefficient (Wildman–Crippen LogP) is 2.73. The molecular weight excluding hydrogens is 288 g/mol. The highest BCUT2D eigenvalue weighted by molar-refractivity contribution is 9.10. The van der Waals surface area contributed by atoms with Gasteiger partial charge in [0.2, 0.25) is 0 Å². The van der Waals surface area contributed by atoms with Crippen LogP contribution in [0.15, 0.2) is 26.9 Å². The zero-order valence-electron chi connectivity index (χ0n) is 9.03. The first-order chi connectivity index (χ1) is 7.56. The molecule has 0 atom stereocenters. The standard InChI is InChI=1S/C11H11BrN2OS/c1-7-3-9(12)4-14(11(7)15)5-10-6-16-8(2)13-10/h3-4,6H,5H2,1-2H3. The van der Waals surface area contributed by atoms with Crippen molar-refractivity contribution in [3.05, 3.63) is 48.7 Å². The van der Waals surface area contributed by atoms with Crippen LogP contribution >= 0.6 is 27.3 Å². The van der Waals surface area contributed by atoms with Gasteiger partial charge in [-0.1, -0.05) is 0 Å². The lowest BCUT2D eigenvalue weighted by Crippen LogP contribution is -2.22. The van der Waals surface area contributed by atoms with Crippen LogP contribution in [0.4, 0.5) is 0 Å². The summed E-state index contributed by atoms with van der Waals surface area (Å²) in [6.07, 6.45) is 1.80. The van der Waals surface area contributed by atoms with Crippen LogP contribution in [0.25, 0.3) is 0 Å². The van der Waals surface area contributed by atoms with Crippen molar-refractivity contribution in [2.24, 2.45) is 0 Å². The molecule has 0 aliphatic rings. The van der Waals surface area contributed by atoms with E-state index in [1.165, 1.54) is 0 Å². The van der Waals surface area contributed by atoms with Gasteiger partial charge in [0.05, 0.1) is 17.2 Å². The largest absolute Gasteiger partial charge is 0.308 e. The number of rotatable bonds is 2. The molecule has 0 radical (unpaired) electrons. The smallest absolute Gasteiger partial charge is 0.253 e. The molecule has 0 aromatic carbocycles. The van der Waals surface area contributed by atoms with Gasteiger partial charge in [0, 0.05) is 21.6 Å². The van der Waals surface area contributed by atoms with Crippen molar-refractivity contribution in [1.29, 1.82) is 0 Å². The van der Waals surface area contributed by atoms with Crippen molar-refractivity contribution in [2.45, 2.75) is 20.4 Å². The molecule has 2 aromatic heterocycles. The average Bonchev–Trinajstić information content (AvgIpc) is 2.60. The molecule has 0 saturated heterocycles. The Labute approximate surface area is 106 Å². The average molecular weight is 299 g/mol. The summed E-state index contributed by atoms with van der Waals surface area (Å²) in [6, 6.07) is 1.82. The Bertz CT molecular complexity index is 574. The molecule has 0 N–H and O–H groups in total. The summed E-state index contributed by atoms with van der Waals surface area (Å²) in [5, 5.41) is 3.01. The summed E-state index contributed by atoms with van der Waals surface area (Å²) >= 11 is 4.99. The van der Waals surface area contributed by atoms with Gasteiger partial charge in [0.15, 0.2) is 0 Å². The molecule has 3 nitrogen and oxygen atoms in total. The van der Waals surface area contributed by atoms with Gasteiger partial charge in [-0.3, -0.25) is 4.79 Å². The molecule has 0 unspecified atom stereocenters. The second-order valence-electron chi connectivity index (χ2n) is 3.63. The Morgan fingerprint density at radius 3 is 2.88 bits per heavy atom. The highest BCUT2D eigenvalue weighted by Crippen LogP contribution is 2.11. The lowest BCUT2D eigenvalue weighted by atomic mass is 10.3. The van der Waals surface area contributed by atoms with E-state index in [0.717, 1.165) is 20.7 Å². The monoisotopic (exact) mass is 298 g/mol. The molecule has 0 aliphatic heterocycles. The van der Waals surface area contributed by atoms with Crippen molar-refractivity contribution in [3.8, 4) is 0 Å². The molecule has 5 heteroatoms. The molecule has 0 fully saturated rings. The first kappa shape index (κ1) is 11.5. The summed E-state index contributed by atoms with van der Waals surface area (Å²) in [4.78, 5) is 16.2. The van der Waals surface area contributed by atoms with Crippen LogP contribution in [0.1, 0.15) is 16.3 Å². The zero-order chi connectivity index (χ0) is 11.7. The molecule has 2 heterocycles. The Balaban J connectivity index is 2.38. The van der Waals surface area contributed by atoms with Crippen LogP contribution in [0.5, 0.6) is 0 Å². The van der Waals surface area contributed by atoms with E-state index in [1.807, 2.05) is 25.3 Å². The predicted molar refractivity (Wildman–Crippen MR) is 69.1 cm³/mol. The van der Waals surface area contributed by atoms with Crippen LogP contribution in [0.2, 0.25) is 0 Å². The molecule has 0 spiro atoms. The van der Waals surface area contributed by atoms with Gasteiger partial charge in [0.1, 0.15) is 0 Å². The Morgan fingerprint density at radius 1 is 1.50 bits per heavy atom. The third-order valence-corrected chi connectivity index (χ3v) is 3.49. The summed E-state index contributed by atoms with van der Waals surface area (Å²) in [5.74, 6) is 0.